The molecule has 0 radical (unpaired) electrons. The van der Waals surface area contributed by atoms with Gasteiger partial charge in [-0.1, -0.05) is 23.6 Å². The zero-order valence-corrected chi connectivity index (χ0v) is 10.4. The normalized spacial score (nSPS) is 14.5. The van der Waals surface area contributed by atoms with Gasteiger partial charge in [0.2, 0.25) is 5.91 Å². The number of hydrogen-bond donors (Lipinski definition) is 1. The van der Waals surface area contributed by atoms with Gasteiger partial charge in [-0.3, -0.25) is 4.79 Å². The van der Waals surface area contributed by atoms with E-state index in [-0.39, 0.29) is 5.91 Å². The molecule has 0 atom stereocenters. The fourth-order valence-electron chi connectivity index (χ4n) is 2.16. The van der Waals surface area contributed by atoms with E-state index in [0.717, 1.165) is 24.1 Å². The molecule has 0 aliphatic heterocycles. The molecule has 18 heavy (non-hydrogen) atoms. The van der Waals surface area contributed by atoms with Crippen LogP contribution in [0.1, 0.15) is 37.7 Å². The third kappa shape index (κ3) is 3.49. The summed E-state index contributed by atoms with van der Waals surface area (Å²) >= 11 is 0. The zero-order chi connectivity index (χ0) is 12.8. The average molecular weight is 239 g/mol. The zero-order valence-electron chi connectivity index (χ0n) is 10.4. The standard InChI is InChI=1S/C16H17NO/c1-2-13-9-6-10-15(11-13)17-16(18)12-14-7-4-3-5-8-14/h1,6-7,9-11H,3-5,8,12H2,(H,17,18). The van der Waals surface area contributed by atoms with Crippen LogP contribution in [-0.4, -0.2) is 5.91 Å². The van der Waals surface area contributed by atoms with Gasteiger partial charge in [0, 0.05) is 17.7 Å². The van der Waals surface area contributed by atoms with E-state index in [4.69, 9.17) is 6.42 Å². The number of nitrogens with one attached hydrogen (secondary N) is 1. The number of anilines is 1. The molecule has 2 heteroatoms. The minimum Gasteiger partial charge on any atom is -0.326 e. The first-order chi connectivity index (χ1) is 8.78. The van der Waals surface area contributed by atoms with E-state index in [1.165, 1.54) is 18.4 Å². The Labute approximate surface area is 108 Å². The largest absolute Gasteiger partial charge is 0.326 e. The van der Waals surface area contributed by atoms with Gasteiger partial charge < -0.3 is 5.32 Å². The van der Waals surface area contributed by atoms with Crippen molar-refractivity contribution in [2.45, 2.75) is 32.1 Å². The van der Waals surface area contributed by atoms with Gasteiger partial charge in [-0.15, -0.1) is 6.42 Å². The van der Waals surface area contributed by atoms with E-state index in [9.17, 15) is 4.79 Å². The molecule has 92 valence electrons. The Morgan fingerprint density at radius 1 is 1.39 bits per heavy atom. The minimum absolute atomic E-state index is 0.0392. The molecule has 0 aromatic heterocycles. The Kier molecular flexibility index (Phi) is 4.20. The summed E-state index contributed by atoms with van der Waals surface area (Å²) in [6.07, 6.45) is 12.6. The van der Waals surface area contributed by atoms with Gasteiger partial charge in [-0.25, -0.2) is 0 Å². The number of benzene rings is 1. The van der Waals surface area contributed by atoms with Crippen LogP contribution in [0.5, 0.6) is 0 Å². The lowest BCUT2D eigenvalue weighted by Crippen LogP contribution is -2.13. The van der Waals surface area contributed by atoms with Gasteiger partial charge in [-0.05, 0) is 43.9 Å². The molecule has 1 aliphatic carbocycles. The molecule has 0 spiro atoms. The van der Waals surface area contributed by atoms with E-state index in [0.29, 0.717) is 6.42 Å². The molecule has 0 saturated heterocycles. The lowest BCUT2D eigenvalue weighted by atomic mass is 9.97. The Morgan fingerprint density at radius 3 is 3.00 bits per heavy atom. The maximum Gasteiger partial charge on any atom is 0.228 e. The molecule has 0 bridgehead atoms. The number of hydrogen-bond acceptors (Lipinski definition) is 1. The van der Waals surface area contributed by atoms with Crippen molar-refractivity contribution in [1.82, 2.24) is 0 Å². The average Bonchev–Trinajstić information content (AvgIpc) is 2.40. The van der Waals surface area contributed by atoms with Crippen molar-refractivity contribution in [3.05, 3.63) is 41.5 Å². The van der Waals surface area contributed by atoms with E-state index in [2.05, 4.69) is 17.3 Å². The maximum atomic E-state index is 11.9. The SMILES string of the molecule is C#Cc1cccc(NC(=O)CC2=CCCCC2)c1. The molecular formula is C16H17NO. The van der Waals surface area contributed by atoms with Crippen LogP contribution in [0, 0.1) is 12.3 Å². The highest BCUT2D eigenvalue weighted by Gasteiger charge is 2.09. The molecule has 1 amide bonds. The molecule has 0 unspecified atom stereocenters. The summed E-state index contributed by atoms with van der Waals surface area (Å²) in [6.45, 7) is 0. The number of allylic oxidation sites excluding steroid dienone is 1. The van der Waals surface area contributed by atoms with Crippen molar-refractivity contribution in [3.8, 4) is 12.3 Å². The number of carbonyl (C=O) groups is 1. The third-order valence-electron chi connectivity index (χ3n) is 3.09. The van der Waals surface area contributed by atoms with Crippen molar-refractivity contribution in [2.75, 3.05) is 5.32 Å². The quantitative estimate of drug-likeness (QED) is 0.635. The molecule has 1 aromatic rings. The second kappa shape index (κ2) is 6.07. The molecule has 1 aromatic carbocycles. The summed E-state index contributed by atoms with van der Waals surface area (Å²) in [6, 6.07) is 7.37. The lowest BCUT2D eigenvalue weighted by Gasteiger charge is -2.12. The summed E-state index contributed by atoms with van der Waals surface area (Å²) in [4.78, 5) is 11.9. The van der Waals surface area contributed by atoms with Crippen LogP contribution in [0.4, 0.5) is 5.69 Å². The second-order valence-electron chi connectivity index (χ2n) is 4.56. The highest BCUT2D eigenvalue weighted by molar-refractivity contribution is 5.92. The lowest BCUT2D eigenvalue weighted by molar-refractivity contribution is -0.115. The number of carbonyl (C=O) groups excluding carboxylic acids is 1. The fraction of sp³-hybridized carbons (Fsp3) is 0.312. The highest BCUT2D eigenvalue weighted by atomic mass is 16.1. The summed E-state index contributed by atoms with van der Waals surface area (Å²) in [5.41, 5.74) is 2.81. The van der Waals surface area contributed by atoms with Gasteiger partial charge in [-0.2, -0.15) is 0 Å². The second-order valence-corrected chi connectivity index (χ2v) is 4.56. The monoisotopic (exact) mass is 239 g/mol. The minimum atomic E-state index is 0.0392. The molecule has 1 N–H and O–H groups in total. The third-order valence-corrected chi connectivity index (χ3v) is 3.09. The summed E-state index contributed by atoms with van der Waals surface area (Å²) < 4.78 is 0. The van der Waals surface area contributed by atoms with Crippen molar-refractivity contribution in [3.63, 3.8) is 0 Å². The van der Waals surface area contributed by atoms with Crippen molar-refractivity contribution in [1.29, 1.82) is 0 Å². The molecule has 2 nitrogen and oxygen atoms in total. The number of terminal acetylenes is 1. The van der Waals surface area contributed by atoms with Gasteiger partial charge in [0.15, 0.2) is 0 Å². The highest BCUT2D eigenvalue weighted by Crippen LogP contribution is 2.20. The molecule has 0 heterocycles. The van der Waals surface area contributed by atoms with Gasteiger partial charge in [0.1, 0.15) is 0 Å². The molecule has 0 fully saturated rings. The maximum absolute atomic E-state index is 11.9. The van der Waals surface area contributed by atoms with Crippen LogP contribution >= 0.6 is 0 Å². The van der Waals surface area contributed by atoms with E-state index in [1.807, 2.05) is 24.3 Å². The Hall–Kier alpha value is -2.01. The predicted molar refractivity (Wildman–Crippen MR) is 74.2 cm³/mol. The molecular weight excluding hydrogens is 222 g/mol. The molecule has 1 aliphatic rings. The number of rotatable bonds is 3. The summed E-state index contributed by atoms with van der Waals surface area (Å²) in [5, 5.41) is 2.89. The first-order valence-electron chi connectivity index (χ1n) is 6.32. The summed E-state index contributed by atoms with van der Waals surface area (Å²) in [7, 11) is 0. The van der Waals surface area contributed by atoms with Gasteiger partial charge >= 0.3 is 0 Å². The van der Waals surface area contributed by atoms with Crippen LogP contribution in [-0.2, 0) is 4.79 Å². The number of amides is 1. The van der Waals surface area contributed by atoms with Gasteiger partial charge in [0.05, 0.1) is 0 Å². The van der Waals surface area contributed by atoms with Crippen LogP contribution in [0.25, 0.3) is 0 Å². The van der Waals surface area contributed by atoms with Crippen LogP contribution in [0.3, 0.4) is 0 Å². The van der Waals surface area contributed by atoms with Crippen molar-refractivity contribution < 1.29 is 4.79 Å². The molecule has 0 saturated carbocycles. The smallest absolute Gasteiger partial charge is 0.228 e. The first-order valence-corrected chi connectivity index (χ1v) is 6.32. The van der Waals surface area contributed by atoms with Crippen LogP contribution < -0.4 is 5.32 Å². The van der Waals surface area contributed by atoms with Crippen LogP contribution in [0.2, 0.25) is 0 Å². The van der Waals surface area contributed by atoms with Crippen LogP contribution in [0.15, 0.2) is 35.9 Å². The first kappa shape index (κ1) is 12.4. The summed E-state index contributed by atoms with van der Waals surface area (Å²) in [5.74, 6) is 2.60. The van der Waals surface area contributed by atoms with Crippen molar-refractivity contribution >= 4 is 11.6 Å². The van der Waals surface area contributed by atoms with Gasteiger partial charge in [0.25, 0.3) is 0 Å². The Morgan fingerprint density at radius 2 is 2.28 bits per heavy atom. The van der Waals surface area contributed by atoms with E-state index >= 15 is 0 Å². The Balaban J connectivity index is 1.94. The predicted octanol–water partition coefficient (Wildman–Crippen LogP) is 3.50. The molecule has 2 rings (SSSR count). The topological polar surface area (TPSA) is 29.1 Å². The Bertz CT molecular complexity index is 508. The van der Waals surface area contributed by atoms with E-state index in [1.54, 1.807) is 0 Å². The van der Waals surface area contributed by atoms with Crippen molar-refractivity contribution in [2.24, 2.45) is 0 Å². The fourth-order valence-corrected chi connectivity index (χ4v) is 2.16. The van der Waals surface area contributed by atoms with E-state index < -0.39 is 0 Å².